The largest absolute Gasteiger partial charge is 0.497 e. The molecule has 0 saturated heterocycles. The van der Waals surface area contributed by atoms with Crippen LogP contribution in [0.1, 0.15) is 10.4 Å². The van der Waals surface area contributed by atoms with E-state index in [-0.39, 0.29) is 0 Å². The molecule has 0 bridgehead atoms. The van der Waals surface area contributed by atoms with Gasteiger partial charge in [-0.3, -0.25) is 0 Å². The molecule has 3 aromatic rings. The van der Waals surface area contributed by atoms with Gasteiger partial charge in [-0.1, -0.05) is 6.07 Å². The van der Waals surface area contributed by atoms with Crippen LogP contribution in [0.3, 0.4) is 0 Å². The van der Waals surface area contributed by atoms with Crippen LogP contribution in [0.2, 0.25) is 0 Å². The summed E-state index contributed by atoms with van der Waals surface area (Å²) in [7, 11) is 2.90. The van der Waals surface area contributed by atoms with Gasteiger partial charge in [0, 0.05) is 6.20 Å². The van der Waals surface area contributed by atoms with E-state index >= 15 is 0 Å². The summed E-state index contributed by atoms with van der Waals surface area (Å²) in [6.45, 7) is 7.09. The van der Waals surface area contributed by atoms with Crippen molar-refractivity contribution in [2.24, 2.45) is 0 Å². The highest BCUT2D eigenvalue weighted by Crippen LogP contribution is 2.28. The summed E-state index contributed by atoms with van der Waals surface area (Å²) in [5.41, 5.74) is 2.60. The summed E-state index contributed by atoms with van der Waals surface area (Å²) in [4.78, 5) is 15.5. The van der Waals surface area contributed by atoms with Gasteiger partial charge in [0.25, 0.3) is 0 Å². The summed E-state index contributed by atoms with van der Waals surface area (Å²) < 4.78 is 12.0. The van der Waals surface area contributed by atoms with E-state index < -0.39 is 5.97 Å². The quantitative estimate of drug-likeness (QED) is 0.543. The molecule has 0 aliphatic heterocycles. The van der Waals surface area contributed by atoms with Crippen LogP contribution in [0, 0.1) is 6.57 Å². The van der Waals surface area contributed by atoms with Crippen molar-refractivity contribution >= 4 is 22.6 Å². The zero-order valence-electron chi connectivity index (χ0n) is 12.7. The molecule has 0 unspecified atom stereocenters. The number of nitrogens with zero attached hydrogens (tertiary/aromatic N) is 2. The molecule has 2 aromatic carbocycles. The zero-order valence-corrected chi connectivity index (χ0v) is 12.7. The molecule has 0 amide bonds. The molecular weight excluding hydrogens is 292 g/mol. The highest BCUT2D eigenvalue weighted by atomic mass is 16.5. The molecule has 23 heavy (non-hydrogen) atoms. The Balaban J connectivity index is 2.22. The van der Waals surface area contributed by atoms with E-state index in [1.807, 2.05) is 35.0 Å². The summed E-state index contributed by atoms with van der Waals surface area (Å²) >= 11 is 0. The molecule has 0 saturated carbocycles. The maximum Gasteiger partial charge on any atom is 0.340 e. The van der Waals surface area contributed by atoms with Gasteiger partial charge in [0.2, 0.25) is 0 Å². The first-order valence-corrected chi connectivity index (χ1v) is 6.93. The van der Waals surface area contributed by atoms with Crippen LogP contribution in [0.5, 0.6) is 5.75 Å². The van der Waals surface area contributed by atoms with Gasteiger partial charge in [0.15, 0.2) is 5.69 Å². The van der Waals surface area contributed by atoms with Crippen LogP contribution < -0.4 is 4.74 Å². The molecule has 0 radical (unpaired) electrons. The topological polar surface area (TPSA) is 44.8 Å². The normalized spacial score (nSPS) is 10.3. The van der Waals surface area contributed by atoms with E-state index in [0.29, 0.717) is 22.7 Å². The van der Waals surface area contributed by atoms with Crippen molar-refractivity contribution in [1.82, 2.24) is 4.57 Å². The van der Waals surface area contributed by atoms with E-state index in [1.54, 1.807) is 25.3 Å². The van der Waals surface area contributed by atoms with Crippen molar-refractivity contribution in [1.29, 1.82) is 0 Å². The Hall–Kier alpha value is -3.26. The molecule has 0 aliphatic rings. The van der Waals surface area contributed by atoms with Crippen LogP contribution >= 0.6 is 0 Å². The minimum Gasteiger partial charge on any atom is -0.497 e. The van der Waals surface area contributed by atoms with Crippen molar-refractivity contribution in [3.63, 3.8) is 0 Å². The lowest BCUT2D eigenvalue weighted by atomic mass is 10.1. The van der Waals surface area contributed by atoms with E-state index in [9.17, 15) is 4.79 Å². The molecule has 0 atom stereocenters. The van der Waals surface area contributed by atoms with Crippen LogP contribution in [0.25, 0.3) is 21.4 Å². The number of carbonyl (C=O) groups excluding carboxylic acids is 1. The van der Waals surface area contributed by atoms with Crippen molar-refractivity contribution < 1.29 is 14.3 Å². The number of hydrogen-bond donors (Lipinski definition) is 0. The van der Waals surface area contributed by atoms with Crippen molar-refractivity contribution in [3.05, 3.63) is 65.6 Å². The van der Waals surface area contributed by atoms with E-state index in [2.05, 4.69) is 4.85 Å². The van der Waals surface area contributed by atoms with Gasteiger partial charge in [0.1, 0.15) is 5.75 Å². The molecule has 5 heteroatoms. The molecule has 1 aromatic heterocycles. The summed E-state index contributed by atoms with van der Waals surface area (Å²) in [6, 6.07) is 12.6. The smallest absolute Gasteiger partial charge is 0.340 e. The zero-order chi connectivity index (χ0) is 16.4. The Morgan fingerprint density at radius 2 is 1.96 bits per heavy atom. The standard InChI is InChI=1S/C18H14N2O3/c1-19-13-4-6-16-12(10-13)8-9-20(16)17-7-5-14(22-2)11-15(17)18(21)23-3/h4-11H,2-3H3. The van der Waals surface area contributed by atoms with Crippen LogP contribution in [0.4, 0.5) is 5.69 Å². The number of methoxy groups -OCH3 is 2. The first-order chi connectivity index (χ1) is 11.2. The molecular formula is C18H14N2O3. The highest BCUT2D eigenvalue weighted by molar-refractivity contribution is 5.95. The molecule has 0 spiro atoms. The van der Waals surface area contributed by atoms with E-state index in [0.717, 1.165) is 10.9 Å². The average molecular weight is 306 g/mol. The minimum absolute atomic E-state index is 0.415. The third-order valence-electron chi connectivity index (χ3n) is 3.67. The number of aromatic nitrogens is 1. The molecule has 0 N–H and O–H groups in total. The molecule has 114 valence electrons. The third-order valence-corrected chi connectivity index (χ3v) is 3.67. The maximum absolute atomic E-state index is 12.1. The van der Waals surface area contributed by atoms with E-state index in [4.69, 9.17) is 16.0 Å². The number of ether oxygens (including phenoxy) is 2. The molecule has 1 heterocycles. The fraction of sp³-hybridized carbons (Fsp3) is 0.111. The molecule has 0 fully saturated rings. The minimum atomic E-state index is -0.432. The van der Waals surface area contributed by atoms with Gasteiger partial charge >= 0.3 is 5.97 Å². The monoisotopic (exact) mass is 306 g/mol. The first kappa shape index (κ1) is 14.7. The lowest BCUT2D eigenvalue weighted by Crippen LogP contribution is -2.07. The Morgan fingerprint density at radius 1 is 1.13 bits per heavy atom. The van der Waals surface area contributed by atoms with Crippen molar-refractivity contribution in [2.45, 2.75) is 0 Å². The fourth-order valence-corrected chi connectivity index (χ4v) is 2.54. The number of esters is 1. The Bertz CT molecular complexity index is 935. The lowest BCUT2D eigenvalue weighted by Gasteiger charge is -2.12. The van der Waals surface area contributed by atoms with Gasteiger partial charge in [-0.15, -0.1) is 0 Å². The summed E-state index contributed by atoms with van der Waals surface area (Å²) in [6.07, 6.45) is 1.87. The second kappa shape index (κ2) is 5.85. The fourth-order valence-electron chi connectivity index (χ4n) is 2.54. The van der Waals surface area contributed by atoms with Crippen molar-refractivity contribution in [3.8, 4) is 11.4 Å². The van der Waals surface area contributed by atoms with E-state index in [1.165, 1.54) is 7.11 Å². The maximum atomic E-state index is 12.1. The number of fused-ring (bicyclic) bond motifs is 1. The number of benzene rings is 2. The molecule has 3 rings (SSSR count). The predicted molar refractivity (Wildman–Crippen MR) is 87.4 cm³/mol. The second-order valence-corrected chi connectivity index (χ2v) is 4.92. The van der Waals surface area contributed by atoms with Crippen molar-refractivity contribution in [2.75, 3.05) is 14.2 Å². The Kier molecular flexibility index (Phi) is 3.73. The average Bonchev–Trinajstić information content (AvgIpc) is 3.03. The highest BCUT2D eigenvalue weighted by Gasteiger charge is 2.16. The van der Waals surface area contributed by atoms with Gasteiger partial charge in [-0.25, -0.2) is 9.64 Å². The van der Waals surface area contributed by atoms with Gasteiger partial charge in [0.05, 0.1) is 37.6 Å². The summed E-state index contributed by atoms with van der Waals surface area (Å²) in [5.74, 6) is 0.152. The summed E-state index contributed by atoms with van der Waals surface area (Å²) in [5, 5.41) is 0.935. The predicted octanol–water partition coefficient (Wildman–Crippen LogP) is 3.98. The first-order valence-electron chi connectivity index (χ1n) is 6.93. The number of carbonyl (C=O) groups is 1. The third kappa shape index (κ3) is 2.51. The van der Waals surface area contributed by atoms with Gasteiger partial charge in [-0.2, -0.15) is 0 Å². The molecule has 5 nitrogen and oxygen atoms in total. The SMILES string of the molecule is [C-]#[N+]c1ccc2c(ccn2-c2ccc(OC)cc2C(=O)OC)c1. The van der Waals surface area contributed by atoms with Gasteiger partial charge in [-0.05, 0) is 41.8 Å². The van der Waals surface area contributed by atoms with Gasteiger partial charge < -0.3 is 14.0 Å². The Labute approximate surface area is 133 Å². The van der Waals surface area contributed by atoms with Crippen LogP contribution in [-0.2, 0) is 4.74 Å². The second-order valence-electron chi connectivity index (χ2n) is 4.92. The molecule has 0 aliphatic carbocycles. The lowest BCUT2D eigenvalue weighted by molar-refractivity contribution is 0.0600. The number of rotatable bonds is 3. The Morgan fingerprint density at radius 3 is 2.65 bits per heavy atom. The number of hydrogen-bond acceptors (Lipinski definition) is 3. The van der Waals surface area contributed by atoms with Crippen LogP contribution in [-0.4, -0.2) is 24.8 Å². The van der Waals surface area contributed by atoms with Crippen LogP contribution in [0.15, 0.2) is 48.7 Å².